The zero-order chi connectivity index (χ0) is 10.4. The highest BCUT2D eigenvalue weighted by molar-refractivity contribution is 5.76. The summed E-state index contributed by atoms with van der Waals surface area (Å²) in [7, 11) is 0. The molecule has 0 aromatic rings. The predicted octanol–water partition coefficient (Wildman–Crippen LogP) is -1.62. The van der Waals surface area contributed by atoms with Crippen LogP contribution in [0.25, 0.3) is 0 Å². The van der Waals surface area contributed by atoms with E-state index in [1.54, 1.807) is 0 Å². The molecule has 80 valence electrons. The lowest BCUT2D eigenvalue weighted by molar-refractivity contribution is -0.122. The van der Waals surface area contributed by atoms with Crippen LogP contribution in [-0.2, 0) is 4.79 Å². The fraction of sp³-hybridized carbons (Fsp3) is 0.750. The molecule has 1 rings (SSSR count). The van der Waals surface area contributed by atoms with Crippen molar-refractivity contribution in [3.63, 3.8) is 0 Å². The van der Waals surface area contributed by atoms with Crippen molar-refractivity contribution >= 4 is 11.9 Å². The highest BCUT2D eigenvalue weighted by Gasteiger charge is 2.19. The summed E-state index contributed by atoms with van der Waals surface area (Å²) in [5.74, 6) is 0.502. The average Bonchev–Trinajstić information content (AvgIpc) is 2.05. The van der Waals surface area contributed by atoms with Crippen molar-refractivity contribution < 1.29 is 9.59 Å². The Bertz CT molecular complexity index is 215. The number of primary amides is 1. The second-order valence-corrected chi connectivity index (χ2v) is 3.37. The Balaban J connectivity index is 1.94. The van der Waals surface area contributed by atoms with E-state index in [4.69, 9.17) is 5.73 Å². The van der Waals surface area contributed by atoms with E-state index in [0.29, 0.717) is 25.4 Å². The molecular weight excluding hydrogens is 184 g/mol. The lowest BCUT2D eigenvalue weighted by Gasteiger charge is -2.26. The Labute approximate surface area is 82.6 Å². The Morgan fingerprint density at radius 2 is 1.93 bits per heavy atom. The molecule has 6 nitrogen and oxygen atoms in total. The summed E-state index contributed by atoms with van der Waals surface area (Å²) in [5.41, 5.74) is 4.85. The second-order valence-electron chi connectivity index (χ2n) is 3.37. The van der Waals surface area contributed by atoms with Crippen LogP contribution in [0.2, 0.25) is 0 Å². The average molecular weight is 200 g/mol. The van der Waals surface area contributed by atoms with Crippen molar-refractivity contribution in [1.29, 1.82) is 0 Å². The smallest absolute Gasteiger partial charge is 0.312 e. The number of amides is 3. The first-order chi connectivity index (χ1) is 6.68. The highest BCUT2D eigenvalue weighted by atomic mass is 16.2. The molecule has 0 bridgehead atoms. The zero-order valence-electron chi connectivity index (χ0n) is 8.01. The van der Waals surface area contributed by atoms with Crippen LogP contribution in [0.4, 0.5) is 4.79 Å². The first-order valence-corrected chi connectivity index (χ1v) is 4.69. The van der Waals surface area contributed by atoms with Crippen LogP contribution in [0.3, 0.4) is 0 Å². The number of carbonyl (C=O) groups is 2. The Morgan fingerprint density at radius 3 is 2.43 bits per heavy atom. The molecule has 0 atom stereocenters. The summed E-state index contributed by atoms with van der Waals surface area (Å²) in [6.45, 7) is 2.66. The molecule has 0 aliphatic carbocycles. The molecule has 6 heteroatoms. The molecule has 1 saturated heterocycles. The van der Waals surface area contributed by atoms with Crippen LogP contribution in [0.15, 0.2) is 0 Å². The quantitative estimate of drug-likeness (QED) is 0.402. The van der Waals surface area contributed by atoms with E-state index >= 15 is 0 Å². The van der Waals surface area contributed by atoms with Crippen molar-refractivity contribution in [2.24, 2.45) is 11.7 Å². The van der Waals surface area contributed by atoms with Gasteiger partial charge in [-0.05, 0) is 19.0 Å². The van der Waals surface area contributed by atoms with E-state index in [9.17, 15) is 9.59 Å². The SMILES string of the molecule is NC(=O)NCCNC(=O)CC1CNC1. The largest absolute Gasteiger partial charge is 0.354 e. The first-order valence-electron chi connectivity index (χ1n) is 4.69. The van der Waals surface area contributed by atoms with Gasteiger partial charge >= 0.3 is 6.03 Å². The van der Waals surface area contributed by atoms with Gasteiger partial charge in [0.05, 0.1) is 0 Å². The molecular formula is C8H16N4O2. The molecule has 0 spiro atoms. The van der Waals surface area contributed by atoms with Crippen molar-refractivity contribution in [3.8, 4) is 0 Å². The van der Waals surface area contributed by atoms with E-state index in [1.165, 1.54) is 0 Å². The van der Waals surface area contributed by atoms with Gasteiger partial charge in [0, 0.05) is 19.5 Å². The molecule has 0 saturated carbocycles. The number of urea groups is 1. The third-order valence-corrected chi connectivity index (χ3v) is 2.09. The molecule has 1 aliphatic heterocycles. The van der Waals surface area contributed by atoms with E-state index in [-0.39, 0.29) is 5.91 Å². The minimum absolute atomic E-state index is 0.0303. The fourth-order valence-corrected chi connectivity index (χ4v) is 1.21. The van der Waals surface area contributed by atoms with Gasteiger partial charge in [-0.25, -0.2) is 4.79 Å². The summed E-state index contributed by atoms with van der Waals surface area (Å²) in [6, 6.07) is -0.567. The number of carbonyl (C=O) groups excluding carboxylic acids is 2. The van der Waals surface area contributed by atoms with Gasteiger partial charge in [0.2, 0.25) is 5.91 Å². The predicted molar refractivity (Wildman–Crippen MR) is 51.6 cm³/mol. The molecule has 1 aliphatic rings. The minimum Gasteiger partial charge on any atom is -0.354 e. The number of rotatable bonds is 5. The number of nitrogens with two attached hydrogens (primary N) is 1. The molecule has 0 aromatic heterocycles. The van der Waals surface area contributed by atoms with Crippen molar-refractivity contribution in [2.45, 2.75) is 6.42 Å². The van der Waals surface area contributed by atoms with Crippen LogP contribution >= 0.6 is 0 Å². The fourth-order valence-electron chi connectivity index (χ4n) is 1.21. The molecule has 0 unspecified atom stereocenters. The maximum Gasteiger partial charge on any atom is 0.312 e. The Morgan fingerprint density at radius 1 is 1.29 bits per heavy atom. The lowest BCUT2D eigenvalue weighted by atomic mass is 9.99. The van der Waals surface area contributed by atoms with Gasteiger partial charge in [0.25, 0.3) is 0 Å². The molecule has 0 radical (unpaired) electrons. The topological polar surface area (TPSA) is 96.2 Å². The third kappa shape index (κ3) is 4.08. The van der Waals surface area contributed by atoms with Crippen LogP contribution in [0.5, 0.6) is 0 Å². The van der Waals surface area contributed by atoms with E-state index in [2.05, 4.69) is 16.0 Å². The molecule has 1 heterocycles. The normalized spacial score (nSPS) is 15.7. The van der Waals surface area contributed by atoms with Crippen molar-refractivity contribution in [2.75, 3.05) is 26.2 Å². The van der Waals surface area contributed by atoms with Gasteiger partial charge in [-0.3, -0.25) is 4.79 Å². The Kier molecular flexibility index (Phi) is 4.18. The summed E-state index contributed by atoms with van der Waals surface area (Å²) >= 11 is 0. The number of nitrogens with one attached hydrogen (secondary N) is 3. The standard InChI is InChI=1S/C8H16N4O2/c9-8(14)12-2-1-11-7(13)3-6-4-10-5-6/h6,10H,1-5H2,(H,11,13)(H3,9,12,14). The summed E-state index contributed by atoms with van der Waals surface area (Å²) < 4.78 is 0. The molecule has 5 N–H and O–H groups in total. The van der Waals surface area contributed by atoms with E-state index in [1.807, 2.05) is 0 Å². The lowest BCUT2D eigenvalue weighted by Crippen LogP contribution is -2.45. The van der Waals surface area contributed by atoms with E-state index < -0.39 is 6.03 Å². The number of hydrogen-bond acceptors (Lipinski definition) is 3. The van der Waals surface area contributed by atoms with Gasteiger partial charge in [0.1, 0.15) is 0 Å². The van der Waals surface area contributed by atoms with Crippen molar-refractivity contribution in [3.05, 3.63) is 0 Å². The highest BCUT2D eigenvalue weighted by Crippen LogP contribution is 2.06. The van der Waals surface area contributed by atoms with Crippen LogP contribution in [0, 0.1) is 5.92 Å². The van der Waals surface area contributed by atoms with E-state index in [0.717, 1.165) is 13.1 Å². The maximum atomic E-state index is 11.2. The summed E-state index contributed by atoms with van der Waals surface area (Å²) in [4.78, 5) is 21.5. The Hall–Kier alpha value is -1.30. The zero-order valence-corrected chi connectivity index (χ0v) is 8.01. The van der Waals surface area contributed by atoms with Gasteiger partial charge < -0.3 is 21.7 Å². The monoisotopic (exact) mass is 200 g/mol. The molecule has 3 amide bonds. The van der Waals surface area contributed by atoms with Gasteiger partial charge in [-0.2, -0.15) is 0 Å². The third-order valence-electron chi connectivity index (χ3n) is 2.09. The summed E-state index contributed by atoms with van der Waals surface area (Å²) in [5, 5.41) is 8.19. The van der Waals surface area contributed by atoms with Crippen LogP contribution in [-0.4, -0.2) is 38.1 Å². The van der Waals surface area contributed by atoms with Gasteiger partial charge in [-0.1, -0.05) is 0 Å². The van der Waals surface area contributed by atoms with Crippen molar-refractivity contribution in [1.82, 2.24) is 16.0 Å². The maximum absolute atomic E-state index is 11.2. The molecule has 1 fully saturated rings. The molecule has 0 aromatic carbocycles. The number of hydrogen-bond donors (Lipinski definition) is 4. The van der Waals surface area contributed by atoms with Crippen LogP contribution in [0.1, 0.15) is 6.42 Å². The van der Waals surface area contributed by atoms with Crippen LogP contribution < -0.4 is 21.7 Å². The van der Waals surface area contributed by atoms with Gasteiger partial charge in [0.15, 0.2) is 0 Å². The summed E-state index contributed by atoms with van der Waals surface area (Å²) in [6.07, 6.45) is 0.559. The second kappa shape index (κ2) is 5.43. The first kappa shape index (κ1) is 10.8. The minimum atomic E-state index is -0.567. The van der Waals surface area contributed by atoms with Gasteiger partial charge in [-0.15, -0.1) is 0 Å². The molecule has 14 heavy (non-hydrogen) atoms.